The SMILES string of the molecule is N#CC(C#N)CC1OC1CO. The molecule has 4 heteroatoms. The topological polar surface area (TPSA) is 80.3 Å². The van der Waals surface area contributed by atoms with Crippen molar-refractivity contribution in [2.24, 2.45) is 5.92 Å². The highest BCUT2D eigenvalue weighted by atomic mass is 16.6. The first-order chi connectivity index (χ1) is 5.31. The second-order valence-electron chi connectivity index (χ2n) is 2.44. The van der Waals surface area contributed by atoms with Crippen molar-refractivity contribution in [2.75, 3.05) is 6.61 Å². The van der Waals surface area contributed by atoms with E-state index in [2.05, 4.69) is 0 Å². The molecule has 4 nitrogen and oxygen atoms in total. The van der Waals surface area contributed by atoms with Gasteiger partial charge in [-0.15, -0.1) is 0 Å². The summed E-state index contributed by atoms with van der Waals surface area (Å²) in [4.78, 5) is 0. The first-order valence-electron chi connectivity index (χ1n) is 3.37. The zero-order chi connectivity index (χ0) is 8.27. The van der Waals surface area contributed by atoms with Crippen LogP contribution in [0.15, 0.2) is 0 Å². The minimum Gasteiger partial charge on any atom is -0.394 e. The van der Waals surface area contributed by atoms with Crippen LogP contribution in [0.1, 0.15) is 6.42 Å². The van der Waals surface area contributed by atoms with Crippen LogP contribution in [0.3, 0.4) is 0 Å². The number of epoxide rings is 1. The molecule has 0 saturated carbocycles. The van der Waals surface area contributed by atoms with Gasteiger partial charge >= 0.3 is 0 Å². The second kappa shape index (κ2) is 3.34. The summed E-state index contributed by atoms with van der Waals surface area (Å²) in [6, 6.07) is 3.69. The molecule has 1 fully saturated rings. The van der Waals surface area contributed by atoms with Gasteiger partial charge in [0, 0.05) is 6.42 Å². The molecule has 0 spiro atoms. The van der Waals surface area contributed by atoms with Crippen LogP contribution in [-0.4, -0.2) is 23.9 Å². The van der Waals surface area contributed by atoms with E-state index in [0.717, 1.165) is 0 Å². The monoisotopic (exact) mass is 152 g/mol. The average molecular weight is 152 g/mol. The normalized spacial score (nSPS) is 27.6. The van der Waals surface area contributed by atoms with Gasteiger partial charge in [0.1, 0.15) is 12.0 Å². The summed E-state index contributed by atoms with van der Waals surface area (Å²) in [6.07, 6.45) is 0.196. The van der Waals surface area contributed by atoms with Crippen LogP contribution >= 0.6 is 0 Å². The highest BCUT2D eigenvalue weighted by molar-refractivity contribution is 5.03. The van der Waals surface area contributed by atoms with E-state index in [4.69, 9.17) is 20.4 Å². The Hall–Kier alpha value is -1.10. The quantitative estimate of drug-likeness (QED) is 0.568. The molecule has 0 aromatic carbocycles. The lowest BCUT2D eigenvalue weighted by Gasteiger charge is -1.92. The van der Waals surface area contributed by atoms with E-state index >= 15 is 0 Å². The molecule has 1 saturated heterocycles. The molecule has 0 aliphatic carbocycles. The number of nitriles is 2. The Morgan fingerprint density at radius 1 is 1.36 bits per heavy atom. The molecule has 0 aromatic heterocycles. The van der Waals surface area contributed by atoms with Gasteiger partial charge in [0.05, 0.1) is 24.8 Å². The zero-order valence-electron chi connectivity index (χ0n) is 5.90. The minimum absolute atomic E-state index is 0.0196. The Morgan fingerprint density at radius 2 is 2.00 bits per heavy atom. The highest BCUT2D eigenvalue weighted by Gasteiger charge is 2.39. The number of aliphatic hydroxyl groups is 1. The maximum atomic E-state index is 8.54. The lowest BCUT2D eigenvalue weighted by Crippen LogP contribution is -2.04. The number of aliphatic hydroxyl groups excluding tert-OH is 1. The van der Waals surface area contributed by atoms with Crippen molar-refractivity contribution in [1.82, 2.24) is 0 Å². The molecular formula is C7H8N2O2. The van der Waals surface area contributed by atoms with Crippen molar-refractivity contribution in [2.45, 2.75) is 18.6 Å². The molecule has 2 atom stereocenters. The van der Waals surface area contributed by atoms with E-state index in [-0.39, 0.29) is 18.8 Å². The lowest BCUT2D eigenvalue weighted by atomic mass is 10.1. The third-order valence-electron chi connectivity index (χ3n) is 1.65. The Kier molecular flexibility index (Phi) is 2.43. The Labute approximate surface area is 64.6 Å². The van der Waals surface area contributed by atoms with Gasteiger partial charge in [-0.05, 0) is 0 Å². The molecule has 1 heterocycles. The highest BCUT2D eigenvalue weighted by Crippen LogP contribution is 2.27. The van der Waals surface area contributed by atoms with Crippen molar-refractivity contribution in [3.8, 4) is 12.1 Å². The molecule has 0 amide bonds. The Balaban J connectivity index is 2.24. The zero-order valence-corrected chi connectivity index (χ0v) is 5.90. The van der Waals surface area contributed by atoms with Gasteiger partial charge in [-0.1, -0.05) is 0 Å². The van der Waals surface area contributed by atoms with Crippen LogP contribution in [0.2, 0.25) is 0 Å². The van der Waals surface area contributed by atoms with E-state index < -0.39 is 5.92 Å². The van der Waals surface area contributed by atoms with Gasteiger partial charge in [0.2, 0.25) is 0 Å². The maximum Gasteiger partial charge on any atom is 0.135 e. The largest absolute Gasteiger partial charge is 0.394 e. The first-order valence-corrected chi connectivity index (χ1v) is 3.37. The fourth-order valence-corrected chi connectivity index (χ4v) is 0.914. The van der Waals surface area contributed by atoms with Gasteiger partial charge in [-0.2, -0.15) is 10.5 Å². The maximum absolute atomic E-state index is 8.54. The van der Waals surface area contributed by atoms with E-state index in [1.807, 2.05) is 12.1 Å². The third-order valence-corrected chi connectivity index (χ3v) is 1.65. The van der Waals surface area contributed by atoms with E-state index in [9.17, 15) is 0 Å². The molecule has 1 N–H and O–H groups in total. The molecule has 1 rings (SSSR count). The number of rotatable bonds is 3. The predicted octanol–water partition coefficient (Wildman–Crippen LogP) is -0.200. The first kappa shape index (κ1) is 8.00. The van der Waals surface area contributed by atoms with E-state index in [0.29, 0.717) is 6.42 Å². The van der Waals surface area contributed by atoms with Crippen molar-refractivity contribution in [3.63, 3.8) is 0 Å². The fraction of sp³-hybridized carbons (Fsp3) is 0.714. The molecule has 0 aromatic rings. The van der Waals surface area contributed by atoms with Gasteiger partial charge < -0.3 is 9.84 Å². The van der Waals surface area contributed by atoms with Gasteiger partial charge in [-0.25, -0.2) is 0 Å². The molecule has 1 aliphatic rings. The number of hydrogen-bond acceptors (Lipinski definition) is 4. The number of ether oxygens (including phenoxy) is 1. The summed E-state index contributed by atoms with van der Waals surface area (Å²) in [5.41, 5.74) is 0. The van der Waals surface area contributed by atoms with Crippen LogP contribution in [-0.2, 0) is 4.74 Å². The van der Waals surface area contributed by atoms with Crippen molar-refractivity contribution in [1.29, 1.82) is 10.5 Å². The van der Waals surface area contributed by atoms with Crippen molar-refractivity contribution >= 4 is 0 Å². The summed E-state index contributed by atoms with van der Waals surface area (Å²) < 4.78 is 4.95. The van der Waals surface area contributed by atoms with Crippen molar-refractivity contribution < 1.29 is 9.84 Å². The van der Waals surface area contributed by atoms with Crippen LogP contribution in [0, 0.1) is 28.6 Å². The third kappa shape index (κ3) is 1.91. The van der Waals surface area contributed by atoms with Crippen molar-refractivity contribution in [3.05, 3.63) is 0 Å². The molecule has 1 aliphatic heterocycles. The van der Waals surface area contributed by atoms with E-state index in [1.54, 1.807) is 0 Å². The van der Waals surface area contributed by atoms with Gasteiger partial charge in [0.15, 0.2) is 0 Å². The fourth-order valence-electron chi connectivity index (χ4n) is 0.914. The van der Waals surface area contributed by atoms with Gasteiger partial charge in [-0.3, -0.25) is 0 Å². The smallest absolute Gasteiger partial charge is 0.135 e. The molecule has 11 heavy (non-hydrogen) atoms. The average Bonchev–Trinajstić information content (AvgIpc) is 2.78. The molecule has 0 bridgehead atoms. The Morgan fingerprint density at radius 3 is 2.36 bits per heavy atom. The van der Waals surface area contributed by atoms with E-state index in [1.165, 1.54) is 0 Å². The summed E-state index contributed by atoms with van der Waals surface area (Å²) in [6.45, 7) is -0.0196. The summed E-state index contributed by atoms with van der Waals surface area (Å²) in [5.74, 6) is -0.600. The minimum atomic E-state index is -0.600. The van der Waals surface area contributed by atoms with Crippen LogP contribution in [0.5, 0.6) is 0 Å². The van der Waals surface area contributed by atoms with Crippen LogP contribution < -0.4 is 0 Å². The summed E-state index contributed by atoms with van der Waals surface area (Å²) in [7, 11) is 0. The van der Waals surface area contributed by atoms with Crippen LogP contribution in [0.4, 0.5) is 0 Å². The predicted molar refractivity (Wildman–Crippen MR) is 35.1 cm³/mol. The summed E-state index contributed by atoms with van der Waals surface area (Å²) in [5, 5.41) is 25.3. The molecule has 2 unspecified atom stereocenters. The summed E-state index contributed by atoms with van der Waals surface area (Å²) >= 11 is 0. The number of nitrogens with zero attached hydrogens (tertiary/aromatic N) is 2. The lowest BCUT2D eigenvalue weighted by molar-refractivity contribution is 0.241. The van der Waals surface area contributed by atoms with Crippen LogP contribution in [0.25, 0.3) is 0 Å². The molecule has 58 valence electrons. The molecular weight excluding hydrogens is 144 g/mol. The van der Waals surface area contributed by atoms with Gasteiger partial charge in [0.25, 0.3) is 0 Å². The number of hydrogen-bond donors (Lipinski definition) is 1. The second-order valence-corrected chi connectivity index (χ2v) is 2.44. The molecule has 0 radical (unpaired) electrons. The standard InChI is InChI=1S/C7H8N2O2/c8-2-5(3-9)1-6-7(4-10)11-6/h5-7,10H,1,4H2. The Bertz CT molecular complexity index is 201.